The zero-order valence-electron chi connectivity index (χ0n) is 40.3. The fraction of sp³-hybridized carbons (Fsp3) is 0.579. The van der Waals surface area contributed by atoms with Crippen molar-refractivity contribution in [2.45, 2.75) is 215 Å². The maximum Gasteiger partial charge on any atom is 0.121 e. The number of hydrogen-bond acceptors (Lipinski definition) is 3. The molecule has 0 fully saturated rings. The molecule has 0 heterocycles. The molecule has 0 unspecified atom stereocenters. The highest BCUT2D eigenvalue weighted by atomic mass is 16.3. The number of aryl methyl sites for hydroxylation is 6. The highest BCUT2D eigenvalue weighted by Gasteiger charge is 2.34. The number of benzene rings is 4. The lowest BCUT2D eigenvalue weighted by molar-refractivity contribution is 0.457. The van der Waals surface area contributed by atoms with Crippen LogP contribution in [0.5, 0.6) is 17.2 Å². The van der Waals surface area contributed by atoms with Gasteiger partial charge < -0.3 is 15.3 Å². The van der Waals surface area contributed by atoms with E-state index in [-0.39, 0.29) is 16.2 Å². The minimum atomic E-state index is -0.367. The Morgan fingerprint density at radius 1 is 0.283 bits per heavy atom. The van der Waals surface area contributed by atoms with Crippen LogP contribution in [-0.2, 0) is 54.8 Å². The average molecular weight is 817 g/mol. The van der Waals surface area contributed by atoms with Gasteiger partial charge in [-0.15, -0.1) is 0 Å². The van der Waals surface area contributed by atoms with Crippen molar-refractivity contribution < 1.29 is 15.3 Å². The lowest BCUT2D eigenvalue weighted by Gasteiger charge is -2.36. The number of phenols is 3. The van der Waals surface area contributed by atoms with Crippen molar-refractivity contribution in [2.75, 3.05) is 0 Å². The summed E-state index contributed by atoms with van der Waals surface area (Å²) in [6.45, 7) is 27.6. The number of unbranched alkanes of at least 4 members (excludes halogenated alkanes) is 6. The van der Waals surface area contributed by atoms with Crippen molar-refractivity contribution in [1.82, 2.24) is 0 Å². The van der Waals surface area contributed by atoms with Gasteiger partial charge in [0.25, 0.3) is 0 Å². The van der Waals surface area contributed by atoms with E-state index in [9.17, 15) is 15.3 Å². The van der Waals surface area contributed by atoms with Crippen molar-refractivity contribution in [3.63, 3.8) is 0 Å². The van der Waals surface area contributed by atoms with E-state index < -0.39 is 0 Å². The molecule has 4 aromatic carbocycles. The van der Waals surface area contributed by atoms with E-state index in [1.54, 1.807) is 0 Å². The minimum Gasteiger partial charge on any atom is -0.507 e. The van der Waals surface area contributed by atoms with Crippen LogP contribution in [0.15, 0.2) is 54.6 Å². The van der Waals surface area contributed by atoms with Crippen molar-refractivity contribution in [3.8, 4) is 17.2 Å². The molecular formula is C57H84O3. The molecule has 0 saturated carbocycles. The summed E-state index contributed by atoms with van der Waals surface area (Å²) < 4.78 is 0. The Balaban J connectivity index is 2.07. The molecule has 3 nitrogen and oxygen atoms in total. The van der Waals surface area contributed by atoms with E-state index in [0.717, 1.165) is 149 Å². The average Bonchev–Trinajstić information content (AvgIpc) is 3.23. The molecule has 0 saturated heterocycles. The number of phenolic OH excluding ortho intramolecular Hbond substituents is 3. The largest absolute Gasteiger partial charge is 0.507 e. The molecule has 4 rings (SSSR count). The molecular weight excluding hydrogens is 733 g/mol. The van der Waals surface area contributed by atoms with E-state index in [2.05, 4.69) is 138 Å². The van der Waals surface area contributed by atoms with Crippen molar-refractivity contribution in [3.05, 3.63) is 121 Å². The van der Waals surface area contributed by atoms with Crippen LogP contribution in [0.2, 0.25) is 0 Å². The monoisotopic (exact) mass is 817 g/mol. The maximum atomic E-state index is 11.6. The topological polar surface area (TPSA) is 60.7 Å². The standard InChI is InChI=1S/C57H84O3/c1-13-19-25-40-31-46(32-41(52(40)58)26-20-14-2)55(7,8)49-37-50(56(9,10)47-33-42(27-21-15-3)53(59)43(34-47)28-22-16-4)39-51(38-49)57(11,12)48-35-44(29-23-17-5)54(60)45(36-48)30-24-18-6/h31-39,58-60H,13-30H2,1-12H3. The van der Waals surface area contributed by atoms with Gasteiger partial charge in [0.1, 0.15) is 17.2 Å². The first kappa shape index (κ1) is 48.9. The summed E-state index contributed by atoms with van der Waals surface area (Å²) in [7, 11) is 0. The van der Waals surface area contributed by atoms with Gasteiger partial charge >= 0.3 is 0 Å². The molecule has 3 N–H and O–H groups in total. The fourth-order valence-corrected chi connectivity index (χ4v) is 8.92. The summed E-state index contributed by atoms with van der Waals surface area (Å²) in [5.41, 5.74) is 12.8. The highest BCUT2D eigenvalue weighted by Crippen LogP contribution is 2.45. The van der Waals surface area contributed by atoms with E-state index in [0.29, 0.717) is 17.2 Å². The van der Waals surface area contributed by atoms with Crippen LogP contribution in [0, 0.1) is 0 Å². The molecule has 0 aliphatic rings. The molecule has 60 heavy (non-hydrogen) atoms. The van der Waals surface area contributed by atoms with E-state index in [4.69, 9.17) is 0 Å². The van der Waals surface area contributed by atoms with Crippen LogP contribution in [0.1, 0.15) is 227 Å². The normalized spacial score (nSPS) is 12.4. The summed E-state index contributed by atoms with van der Waals surface area (Å²) in [6, 6.07) is 21.2. The Kier molecular flexibility index (Phi) is 17.8. The lowest BCUT2D eigenvalue weighted by Crippen LogP contribution is -2.27. The quantitative estimate of drug-likeness (QED) is 0.0660. The molecule has 0 radical (unpaired) electrons. The molecule has 330 valence electrons. The number of rotatable bonds is 24. The van der Waals surface area contributed by atoms with Gasteiger partial charge in [0, 0.05) is 16.2 Å². The summed E-state index contributed by atoms with van der Waals surface area (Å²) >= 11 is 0. The van der Waals surface area contributed by atoms with Gasteiger partial charge in [-0.3, -0.25) is 0 Å². The highest BCUT2D eigenvalue weighted by molar-refractivity contribution is 5.56. The summed E-state index contributed by atoms with van der Waals surface area (Å²) in [6.07, 6.45) is 18.1. The number of aromatic hydroxyl groups is 3. The van der Waals surface area contributed by atoms with Gasteiger partial charge in [-0.2, -0.15) is 0 Å². The molecule has 0 bridgehead atoms. The first-order valence-electron chi connectivity index (χ1n) is 24.2. The SMILES string of the molecule is CCCCc1cc(C(C)(C)c2cc(C(C)(C)c3cc(CCCC)c(O)c(CCCC)c3)cc(C(C)(C)c3cc(CCCC)c(O)c(CCCC)c3)c2)cc(CCCC)c1O. The zero-order valence-corrected chi connectivity index (χ0v) is 40.3. The Labute approximate surface area is 367 Å². The van der Waals surface area contributed by atoms with Crippen LogP contribution < -0.4 is 0 Å². The second-order valence-electron chi connectivity index (χ2n) is 19.7. The van der Waals surface area contributed by atoms with Gasteiger partial charge in [-0.05, 0) is 144 Å². The second-order valence-corrected chi connectivity index (χ2v) is 19.7. The third kappa shape index (κ3) is 11.4. The van der Waals surface area contributed by atoms with Crippen molar-refractivity contribution in [1.29, 1.82) is 0 Å². The van der Waals surface area contributed by atoms with Gasteiger partial charge in [0.05, 0.1) is 0 Å². The maximum absolute atomic E-state index is 11.6. The van der Waals surface area contributed by atoms with Gasteiger partial charge in [-0.25, -0.2) is 0 Å². The predicted octanol–water partition coefficient (Wildman–Crippen LogP) is 15.8. The predicted molar refractivity (Wildman–Crippen MR) is 259 cm³/mol. The molecule has 0 aliphatic heterocycles. The second kappa shape index (κ2) is 21.9. The van der Waals surface area contributed by atoms with Gasteiger partial charge in [0.15, 0.2) is 0 Å². The third-order valence-electron chi connectivity index (χ3n) is 13.9. The van der Waals surface area contributed by atoms with Crippen LogP contribution in [0.4, 0.5) is 0 Å². The summed E-state index contributed by atoms with van der Waals surface area (Å²) in [5.74, 6) is 1.47. The fourth-order valence-electron chi connectivity index (χ4n) is 8.92. The summed E-state index contributed by atoms with van der Waals surface area (Å²) in [4.78, 5) is 0. The first-order chi connectivity index (χ1) is 28.5. The Morgan fingerprint density at radius 3 is 0.583 bits per heavy atom. The zero-order chi connectivity index (χ0) is 44.3. The van der Waals surface area contributed by atoms with E-state index in [1.165, 1.54) is 33.4 Å². The van der Waals surface area contributed by atoms with Crippen LogP contribution in [0.25, 0.3) is 0 Å². The molecule has 0 amide bonds. The Hall–Kier alpha value is -3.72. The summed E-state index contributed by atoms with van der Waals surface area (Å²) in [5, 5.41) is 34.7. The van der Waals surface area contributed by atoms with Crippen LogP contribution >= 0.6 is 0 Å². The smallest absolute Gasteiger partial charge is 0.121 e. The van der Waals surface area contributed by atoms with Gasteiger partial charge in [-0.1, -0.05) is 176 Å². The molecule has 4 aromatic rings. The molecule has 0 spiro atoms. The molecule has 3 heteroatoms. The van der Waals surface area contributed by atoms with Crippen molar-refractivity contribution >= 4 is 0 Å². The molecule has 0 aromatic heterocycles. The lowest BCUT2D eigenvalue weighted by atomic mass is 9.68. The van der Waals surface area contributed by atoms with Crippen LogP contribution in [0.3, 0.4) is 0 Å². The third-order valence-corrected chi connectivity index (χ3v) is 13.9. The van der Waals surface area contributed by atoms with E-state index in [1.807, 2.05) is 0 Å². The number of hydrogen-bond donors (Lipinski definition) is 3. The minimum absolute atomic E-state index is 0.367. The Morgan fingerprint density at radius 2 is 0.433 bits per heavy atom. The van der Waals surface area contributed by atoms with Crippen LogP contribution in [-0.4, -0.2) is 15.3 Å². The molecule has 0 atom stereocenters. The Bertz CT molecular complexity index is 1670. The van der Waals surface area contributed by atoms with E-state index >= 15 is 0 Å². The van der Waals surface area contributed by atoms with Crippen molar-refractivity contribution in [2.24, 2.45) is 0 Å². The first-order valence-corrected chi connectivity index (χ1v) is 24.2. The molecule has 0 aliphatic carbocycles. The van der Waals surface area contributed by atoms with Gasteiger partial charge in [0.2, 0.25) is 0 Å².